The summed E-state index contributed by atoms with van der Waals surface area (Å²) >= 11 is 7.49. The number of esters is 1. The number of furan rings is 1. The fourth-order valence-electron chi connectivity index (χ4n) is 2.94. The Hall–Kier alpha value is -3.36. The zero-order chi connectivity index (χ0) is 22.5. The predicted molar refractivity (Wildman–Crippen MR) is 123 cm³/mol. The van der Waals surface area contributed by atoms with Crippen LogP contribution in [0.15, 0.2) is 76.3 Å². The topological polar surface area (TPSA) is 94.3 Å². The number of fused-ring (bicyclic) bond motifs is 1. The number of hydrogen-bond donors (Lipinski definition) is 1. The number of nitrogens with zero attached hydrogens (tertiary/aromatic N) is 2. The summed E-state index contributed by atoms with van der Waals surface area (Å²) in [5.74, 6) is -0.587. The average Bonchev–Trinajstić information content (AvgIpc) is 3.18. The molecule has 2 aromatic heterocycles. The third-order valence-electron chi connectivity index (χ3n) is 4.53. The molecule has 0 radical (unpaired) electrons. The van der Waals surface area contributed by atoms with Crippen molar-refractivity contribution in [3.63, 3.8) is 0 Å². The van der Waals surface area contributed by atoms with Gasteiger partial charge >= 0.3 is 5.97 Å². The lowest BCUT2D eigenvalue weighted by Crippen LogP contribution is -2.30. The number of carbonyl (C=O) groups excluding carboxylic acids is 2. The zero-order valence-electron chi connectivity index (χ0n) is 16.9. The van der Waals surface area contributed by atoms with E-state index in [1.165, 1.54) is 31.1 Å². The van der Waals surface area contributed by atoms with E-state index in [0.717, 1.165) is 10.3 Å². The molecule has 1 unspecified atom stereocenters. The van der Waals surface area contributed by atoms with E-state index in [0.29, 0.717) is 21.9 Å². The summed E-state index contributed by atoms with van der Waals surface area (Å²) in [5.41, 5.74) is 1.27. The van der Waals surface area contributed by atoms with Crippen molar-refractivity contribution in [2.45, 2.75) is 23.7 Å². The summed E-state index contributed by atoms with van der Waals surface area (Å²) in [6.45, 7) is 1.47. The maximum atomic E-state index is 12.9. The highest BCUT2D eigenvalue weighted by Crippen LogP contribution is 2.33. The van der Waals surface area contributed by atoms with Crippen LogP contribution < -0.4 is 5.32 Å². The molecule has 0 aliphatic carbocycles. The molecule has 1 atom stereocenters. The number of halogens is 1. The molecule has 7 nitrogen and oxygen atoms in total. The van der Waals surface area contributed by atoms with E-state index in [1.54, 1.807) is 12.1 Å². The van der Waals surface area contributed by atoms with E-state index < -0.39 is 18.0 Å². The van der Waals surface area contributed by atoms with Crippen LogP contribution in [0.3, 0.4) is 0 Å². The highest BCUT2D eigenvalue weighted by Gasteiger charge is 2.26. The van der Waals surface area contributed by atoms with Gasteiger partial charge in [0.15, 0.2) is 6.10 Å². The standard InChI is InChI=1S/C23H18ClN3O4S/c1-14(21(28)27-23-25-11-4-12-26-23)30-22(29)20-18(17-5-2-3-6-19(17)31-20)13-32-16-9-7-15(24)8-10-16/h2-12,14H,13H2,1H3,(H,25,26,27,28). The Morgan fingerprint density at radius 1 is 1.09 bits per heavy atom. The molecule has 162 valence electrons. The van der Waals surface area contributed by atoms with Gasteiger partial charge in [-0.2, -0.15) is 0 Å². The molecule has 0 fully saturated rings. The number of nitrogens with one attached hydrogen (secondary N) is 1. The molecule has 4 aromatic rings. The van der Waals surface area contributed by atoms with E-state index in [2.05, 4.69) is 15.3 Å². The Kier molecular flexibility index (Phi) is 6.72. The van der Waals surface area contributed by atoms with Crippen molar-refractivity contribution in [1.82, 2.24) is 9.97 Å². The Morgan fingerprint density at radius 2 is 1.81 bits per heavy atom. The van der Waals surface area contributed by atoms with Crippen molar-refractivity contribution in [3.05, 3.63) is 83.3 Å². The Labute approximate surface area is 193 Å². The first-order chi connectivity index (χ1) is 15.5. The van der Waals surface area contributed by atoms with E-state index >= 15 is 0 Å². The second-order valence-electron chi connectivity index (χ2n) is 6.76. The van der Waals surface area contributed by atoms with Gasteiger partial charge in [-0.3, -0.25) is 10.1 Å². The highest BCUT2D eigenvalue weighted by molar-refractivity contribution is 7.98. The van der Waals surface area contributed by atoms with Gasteiger partial charge in [0.1, 0.15) is 5.58 Å². The van der Waals surface area contributed by atoms with Crippen molar-refractivity contribution in [1.29, 1.82) is 0 Å². The number of ether oxygens (including phenoxy) is 1. The number of carbonyl (C=O) groups is 2. The first kappa shape index (κ1) is 21.9. The van der Waals surface area contributed by atoms with Gasteiger partial charge in [0.25, 0.3) is 5.91 Å². The van der Waals surface area contributed by atoms with Crippen LogP contribution in [-0.4, -0.2) is 27.9 Å². The predicted octanol–water partition coefficient (Wildman–Crippen LogP) is 5.35. The molecule has 32 heavy (non-hydrogen) atoms. The SMILES string of the molecule is CC(OC(=O)c1oc2ccccc2c1CSc1ccc(Cl)cc1)C(=O)Nc1ncccn1. The molecule has 1 amide bonds. The third kappa shape index (κ3) is 5.09. The minimum absolute atomic E-state index is 0.0725. The van der Waals surface area contributed by atoms with E-state index in [1.807, 2.05) is 42.5 Å². The largest absolute Gasteiger partial charge is 0.449 e. The Bertz CT molecular complexity index is 1250. The Morgan fingerprint density at radius 3 is 2.56 bits per heavy atom. The summed E-state index contributed by atoms with van der Waals surface area (Å²) < 4.78 is 11.2. The van der Waals surface area contributed by atoms with Crippen molar-refractivity contribution >= 4 is 52.2 Å². The fraction of sp³-hybridized carbons (Fsp3) is 0.130. The molecule has 0 aliphatic heterocycles. The lowest BCUT2D eigenvalue weighted by molar-refractivity contribution is -0.123. The minimum atomic E-state index is -1.07. The number of aromatic nitrogens is 2. The van der Waals surface area contributed by atoms with E-state index in [4.69, 9.17) is 20.8 Å². The molecule has 4 rings (SSSR count). The summed E-state index contributed by atoms with van der Waals surface area (Å²) in [7, 11) is 0. The molecule has 0 bridgehead atoms. The molecule has 1 N–H and O–H groups in total. The van der Waals surface area contributed by atoms with Crippen molar-refractivity contribution in [2.75, 3.05) is 5.32 Å². The molecule has 0 aliphatic rings. The van der Waals surface area contributed by atoms with Gasteiger partial charge in [0.05, 0.1) is 0 Å². The fourth-order valence-corrected chi connectivity index (χ4v) is 3.99. The molecular weight excluding hydrogens is 450 g/mol. The van der Waals surface area contributed by atoms with Gasteiger partial charge in [-0.25, -0.2) is 14.8 Å². The van der Waals surface area contributed by atoms with Crippen LogP contribution in [0.2, 0.25) is 5.02 Å². The number of thioether (sulfide) groups is 1. The van der Waals surface area contributed by atoms with Crippen molar-refractivity contribution < 1.29 is 18.7 Å². The van der Waals surface area contributed by atoms with Crippen LogP contribution in [0.4, 0.5) is 5.95 Å². The number of para-hydroxylation sites is 1. The van der Waals surface area contributed by atoms with Crippen LogP contribution in [0.25, 0.3) is 11.0 Å². The van der Waals surface area contributed by atoms with Gasteiger partial charge in [-0.1, -0.05) is 29.8 Å². The smallest absolute Gasteiger partial charge is 0.375 e. The quantitative estimate of drug-likeness (QED) is 0.289. The van der Waals surface area contributed by atoms with Crippen LogP contribution in [0, 0.1) is 0 Å². The number of benzene rings is 2. The van der Waals surface area contributed by atoms with Gasteiger partial charge in [-0.05, 0) is 43.3 Å². The number of anilines is 1. The number of rotatable bonds is 7. The van der Waals surface area contributed by atoms with Gasteiger partial charge in [-0.15, -0.1) is 11.8 Å². The third-order valence-corrected chi connectivity index (χ3v) is 5.82. The summed E-state index contributed by atoms with van der Waals surface area (Å²) in [6.07, 6.45) is 1.92. The monoisotopic (exact) mass is 467 g/mol. The maximum Gasteiger partial charge on any atom is 0.375 e. The van der Waals surface area contributed by atoms with Crippen LogP contribution in [0.1, 0.15) is 23.0 Å². The van der Waals surface area contributed by atoms with Gasteiger partial charge in [0, 0.05) is 39.0 Å². The lowest BCUT2D eigenvalue weighted by atomic mass is 10.1. The molecular formula is C23H18ClN3O4S. The van der Waals surface area contributed by atoms with Crippen molar-refractivity contribution in [2.24, 2.45) is 0 Å². The molecule has 9 heteroatoms. The van der Waals surface area contributed by atoms with Gasteiger partial charge in [0.2, 0.25) is 11.7 Å². The van der Waals surface area contributed by atoms with Crippen LogP contribution >= 0.6 is 23.4 Å². The molecule has 2 heterocycles. The van der Waals surface area contributed by atoms with E-state index in [9.17, 15) is 9.59 Å². The second kappa shape index (κ2) is 9.84. The summed E-state index contributed by atoms with van der Waals surface area (Å²) in [6, 6.07) is 16.4. The normalized spacial score (nSPS) is 11.8. The van der Waals surface area contributed by atoms with E-state index in [-0.39, 0.29) is 11.7 Å². The van der Waals surface area contributed by atoms with Crippen LogP contribution in [0.5, 0.6) is 0 Å². The Balaban J connectivity index is 1.52. The molecule has 0 spiro atoms. The maximum absolute atomic E-state index is 12.9. The second-order valence-corrected chi connectivity index (χ2v) is 8.24. The summed E-state index contributed by atoms with van der Waals surface area (Å²) in [5, 5.41) is 3.98. The lowest BCUT2D eigenvalue weighted by Gasteiger charge is -2.12. The molecule has 0 saturated carbocycles. The number of hydrogen-bond acceptors (Lipinski definition) is 7. The zero-order valence-corrected chi connectivity index (χ0v) is 18.5. The first-order valence-electron chi connectivity index (χ1n) is 9.69. The minimum Gasteiger partial charge on any atom is -0.449 e. The average molecular weight is 468 g/mol. The molecule has 2 aromatic carbocycles. The molecule has 0 saturated heterocycles. The summed E-state index contributed by atoms with van der Waals surface area (Å²) in [4.78, 5) is 34.1. The highest BCUT2D eigenvalue weighted by atomic mass is 35.5. The van der Waals surface area contributed by atoms with Crippen LogP contribution in [-0.2, 0) is 15.3 Å². The van der Waals surface area contributed by atoms with Gasteiger partial charge < -0.3 is 9.15 Å². The number of amides is 1. The van der Waals surface area contributed by atoms with Crippen molar-refractivity contribution in [3.8, 4) is 0 Å². The first-order valence-corrected chi connectivity index (χ1v) is 11.1.